The number of ether oxygens (including phenoxy) is 1. The summed E-state index contributed by atoms with van der Waals surface area (Å²) in [5, 5.41) is 9.94. The van der Waals surface area contributed by atoms with Crippen molar-refractivity contribution in [1.29, 1.82) is 0 Å². The maximum atomic E-state index is 12.5. The number of nitrogens with zero attached hydrogens (tertiary/aromatic N) is 6. The molecule has 0 spiro atoms. The first-order chi connectivity index (χ1) is 12.6. The van der Waals surface area contributed by atoms with Crippen LogP contribution in [0.25, 0.3) is 16.5 Å². The third-order valence-electron chi connectivity index (χ3n) is 3.65. The van der Waals surface area contributed by atoms with Crippen LogP contribution in [-0.4, -0.2) is 35.7 Å². The molecular formula is C16H14N6O3S. The molecule has 0 aliphatic carbocycles. The van der Waals surface area contributed by atoms with Gasteiger partial charge in [-0.05, 0) is 17.4 Å². The Hall–Kier alpha value is -3.14. The molecule has 0 bridgehead atoms. The van der Waals surface area contributed by atoms with Gasteiger partial charge in [0.25, 0.3) is 11.7 Å². The summed E-state index contributed by atoms with van der Waals surface area (Å²) in [5.41, 5.74) is 1.01. The second-order valence-corrected chi connectivity index (χ2v) is 6.70. The molecule has 26 heavy (non-hydrogen) atoms. The standard InChI is InChI=1S/C16H14N6O3S/c1-9(2)13-10(6-17-16-18-8-19-22(13)16)15(23)24-7-12-20-14(21-25-12)11-4-3-5-26-11/h3-6,8-9H,7H2,1-2H3. The van der Waals surface area contributed by atoms with E-state index in [1.165, 1.54) is 23.9 Å². The van der Waals surface area contributed by atoms with Gasteiger partial charge in [0.2, 0.25) is 5.82 Å². The summed E-state index contributed by atoms with van der Waals surface area (Å²) in [6.07, 6.45) is 2.85. The number of hydrogen-bond acceptors (Lipinski definition) is 9. The highest BCUT2D eigenvalue weighted by atomic mass is 32.1. The molecule has 9 nitrogen and oxygen atoms in total. The number of thiophene rings is 1. The lowest BCUT2D eigenvalue weighted by Gasteiger charge is -2.12. The quantitative estimate of drug-likeness (QED) is 0.493. The zero-order valence-electron chi connectivity index (χ0n) is 14.0. The van der Waals surface area contributed by atoms with Gasteiger partial charge in [0.1, 0.15) is 6.33 Å². The summed E-state index contributed by atoms with van der Waals surface area (Å²) in [5.74, 6) is 0.623. The molecule has 4 aromatic heterocycles. The van der Waals surface area contributed by atoms with Crippen molar-refractivity contribution in [3.63, 3.8) is 0 Å². The molecule has 0 aliphatic heterocycles. The van der Waals surface area contributed by atoms with Crippen LogP contribution in [0.15, 0.2) is 34.6 Å². The van der Waals surface area contributed by atoms with Crippen molar-refractivity contribution < 1.29 is 14.1 Å². The summed E-state index contributed by atoms with van der Waals surface area (Å²) in [6.45, 7) is 3.79. The molecule has 4 heterocycles. The molecule has 0 atom stereocenters. The molecule has 10 heteroatoms. The molecule has 4 rings (SSSR count). The van der Waals surface area contributed by atoms with E-state index in [0.29, 0.717) is 22.9 Å². The fourth-order valence-corrected chi connectivity index (χ4v) is 3.18. The minimum Gasteiger partial charge on any atom is -0.452 e. The van der Waals surface area contributed by atoms with Crippen LogP contribution in [0.4, 0.5) is 0 Å². The monoisotopic (exact) mass is 370 g/mol. The van der Waals surface area contributed by atoms with Crippen LogP contribution in [-0.2, 0) is 11.3 Å². The Kier molecular flexibility index (Phi) is 4.17. The van der Waals surface area contributed by atoms with Gasteiger partial charge in [0, 0.05) is 6.20 Å². The Balaban J connectivity index is 1.54. The third kappa shape index (κ3) is 2.94. The summed E-state index contributed by atoms with van der Waals surface area (Å²) in [4.78, 5) is 25.8. The van der Waals surface area contributed by atoms with Crippen LogP contribution >= 0.6 is 11.3 Å². The Morgan fingerprint density at radius 3 is 3.04 bits per heavy atom. The molecule has 0 unspecified atom stereocenters. The lowest BCUT2D eigenvalue weighted by molar-refractivity contribution is 0.0426. The van der Waals surface area contributed by atoms with Crippen molar-refractivity contribution >= 4 is 23.1 Å². The number of carbonyl (C=O) groups is 1. The summed E-state index contributed by atoms with van der Waals surface area (Å²) in [7, 11) is 0. The molecule has 0 aliphatic rings. The van der Waals surface area contributed by atoms with Gasteiger partial charge in [0.15, 0.2) is 6.61 Å². The van der Waals surface area contributed by atoms with Gasteiger partial charge >= 0.3 is 5.97 Å². The Morgan fingerprint density at radius 1 is 1.38 bits per heavy atom. The third-order valence-corrected chi connectivity index (χ3v) is 4.51. The topological polar surface area (TPSA) is 108 Å². The van der Waals surface area contributed by atoms with Gasteiger partial charge in [-0.1, -0.05) is 25.1 Å². The maximum Gasteiger partial charge on any atom is 0.342 e. The van der Waals surface area contributed by atoms with E-state index in [1.807, 2.05) is 31.4 Å². The van der Waals surface area contributed by atoms with Crippen LogP contribution in [0.2, 0.25) is 0 Å². The Morgan fingerprint density at radius 2 is 2.27 bits per heavy atom. The SMILES string of the molecule is CC(C)c1c(C(=O)OCc2nc(-c3cccs3)no2)cnc2ncnn12. The molecule has 4 aromatic rings. The summed E-state index contributed by atoms with van der Waals surface area (Å²) in [6, 6.07) is 3.79. The highest BCUT2D eigenvalue weighted by Crippen LogP contribution is 2.22. The number of fused-ring (bicyclic) bond motifs is 1. The van der Waals surface area contributed by atoms with Crippen molar-refractivity contribution in [1.82, 2.24) is 29.7 Å². The van der Waals surface area contributed by atoms with Gasteiger partial charge < -0.3 is 9.26 Å². The van der Waals surface area contributed by atoms with Crippen LogP contribution in [0.3, 0.4) is 0 Å². The van der Waals surface area contributed by atoms with Crippen molar-refractivity contribution in [2.24, 2.45) is 0 Å². The lowest BCUT2D eigenvalue weighted by Crippen LogP contribution is -2.14. The fraction of sp³-hybridized carbons (Fsp3) is 0.250. The van der Waals surface area contributed by atoms with Crippen molar-refractivity contribution in [2.75, 3.05) is 0 Å². The van der Waals surface area contributed by atoms with E-state index in [1.54, 1.807) is 4.52 Å². The van der Waals surface area contributed by atoms with Crippen LogP contribution in [0.1, 0.15) is 41.7 Å². The molecule has 0 radical (unpaired) electrons. The van der Waals surface area contributed by atoms with Crippen LogP contribution in [0.5, 0.6) is 0 Å². The highest BCUT2D eigenvalue weighted by molar-refractivity contribution is 7.13. The van der Waals surface area contributed by atoms with Crippen molar-refractivity contribution in [2.45, 2.75) is 26.4 Å². The number of esters is 1. The molecule has 0 amide bonds. The van der Waals surface area contributed by atoms with E-state index < -0.39 is 5.97 Å². The first kappa shape index (κ1) is 16.3. The number of aromatic nitrogens is 6. The van der Waals surface area contributed by atoms with Crippen LogP contribution < -0.4 is 0 Å². The average Bonchev–Trinajstić information content (AvgIpc) is 3.39. The second-order valence-electron chi connectivity index (χ2n) is 5.75. The second kappa shape index (κ2) is 6.64. The smallest absolute Gasteiger partial charge is 0.342 e. The van der Waals surface area contributed by atoms with Gasteiger partial charge in [0.05, 0.1) is 16.1 Å². The molecule has 0 fully saturated rings. The molecule has 0 N–H and O–H groups in total. The zero-order chi connectivity index (χ0) is 18.1. The van der Waals surface area contributed by atoms with E-state index in [2.05, 4.69) is 25.2 Å². The van der Waals surface area contributed by atoms with Gasteiger partial charge in [-0.25, -0.2) is 14.3 Å². The fourth-order valence-electron chi connectivity index (χ4n) is 2.53. The highest BCUT2D eigenvalue weighted by Gasteiger charge is 2.21. The molecular weight excluding hydrogens is 356 g/mol. The largest absolute Gasteiger partial charge is 0.452 e. The minimum absolute atomic E-state index is 0.0265. The van der Waals surface area contributed by atoms with E-state index in [9.17, 15) is 4.79 Å². The van der Waals surface area contributed by atoms with E-state index in [0.717, 1.165) is 4.88 Å². The maximum absolute atomic E-state index is 12.5. The van der Waals surface area contributed by atoms with E-state index in [-0.39, 0.29) is 18.4 Å². The van der Waals surface area contributed by atoms with Crippen molar-refractivity contribution in [3.05, 3.63) is 47.2 Å². The molecule has 0 saturated heterocycles. The Labute approximate surface area is 151 Å². The van der Waals surface area contributed by atoms with Gasteiger partial charge in [-0.2, -0.15) is 15.1 Å². The van der Waals surface area contributed by atoms with E-state index >= 15 is 0 Å². The average molecular weight is 370 g/mol. The van der Waals surface area contributed by atoms with Crippen molar-refractivity contribution in [3.8, 4) is 10.7 Å². The molecule has 132 valence electrons. The predicted octanol–water partition coefficient (Wildman–Crippen LogP) is 2.72. The molecule has 0 saturated carbocycles. The predicted molar refractivity (Wildman–Crippen MR) is 91.6 cm³/mol. The normalized spacial score (nSPS) is 11.3. The minimum atomic E-state index is -0.533. The molecule has 0 aromatic carbocycles. The van der Waals surface area contributed by atoms with Gasteiger partial charge in [-0.3, -0.25) is 0 Å². The number of carbonyl (C=O) groups excluding carboxylic acids is 1. The zero-order valence-corrected chi connectivity index (χ0v) is 14.8. The number of rotatable bonds is 5. The summed E-state index contributed by atoms with van der Waals surface area (Å²) < 4.78 is 12.0. The first-order valence-corrected chi connectivity index (χ1v) is 8.73. The van der Waals surface area contributed by atoms with Gasteiger partial charge in [-0.15, -0.1) is 11.3 Å². The van der Waals surface area contributed by atoms with E-state index in [4.69, 9.17) is 9.26 Å². The summed E-state index contributed by atoms with van der Waals surface area (Å²) >= 11 is 1.50. The Bertz CT molecular complexity index is 1050. The lowest BCUT2D eigenvalue weighted by atomic mass is 10.1. The first-order valence-electron chi connectivity index (χ1n) is 7.85. The van der Waals surface area contributed by atoms with Crippen LogP contribution in [0, 0.1) is 0 Å². The number of hydrogen-bond donors (Lipinski definition) is 0.